The summed E-state index contributed by atoms with van der Waals surface area (Å²) in [6.45, 7) is 54.2. The molecular formula is C57H78N14. The van der Waals surface area contributed by atoms with Gasteiger partial charge in [-0.05, 0) is 241 Å². The highest BCUT2D eigenvalue weighted by atomic mass is 15.4. The van der Waals surface area contributed by atoms with Gasteiger partial charge >= 0.3 is 0 Å². The summed E-state index contributed by atoms with van der Waals surface area (Å²) in [5.74, 6) is 0.958. The lowest BCUT2D eigenvalue weighted by Gasteiger charge is -2.11. The third-order valence-corrected chi connectivity index (χ3v) is 15.5. The van der Waals surface area contributed by atoms with E-state index in [4.69, 9.17) is 0 Å². The molecule has 14 heteroatoms. The summed E-state index contributed by atoms with van der Waals surface area (Å²) in [7, 11) is 0. The van der Waals surface area contributed by atoms with Gasteiger partial charge in [0.25, 0.3) is 0 Å². The molecular weight excluding hydrogens is 881 g/mol. The van der Waals surface area contributed by atoms with Gasteiger partial charge < -0.3 is 0 Å². The monoisotopic (exact) mass is 959 g/mol. The van der Waals surface area contributed by atoms with Gasteiger partial charge in [0.05, 0.1) is 73.3 Å². The van der Waals surface area contributed by atoms with Crippen LogP contribution in [0, 0.1) is 180 Å². The highest BCUT2D eigenvalue weighted by Crippen LogP contribution is 2.27. The van der Waals surface area contributed by atoms with Crippen LogP contribution in [0.15, 0.2) is 0 Å². The minimum atomic E-state index is 0.958. The van der Waals surface area contributed by atoms with Crippen LogP contribution in [0.1, 0.15) is 147 Å². The number of hydrogen-bond donors (Lipinski definition) is 0. The summed E-state index contributed by atoms with van der Waals surface area (Å²) in [4.78, 5) is 13.5. The molecule has 10 rings (SSSR count). The van der Waals surface area contributed by atoms with E-state index >= 15 is 0 Å². The number of pyridine rings is 1. The lowest BCUT2D eigenvalue weighted by atomic mass is 10.0. The van der Waals surface area contributed by atoms with Crippen LogP contribution in [0.2, 0.25) is 0 Å². The Morgan fingerprint density at radius 1 is 0.211 bits per heavy atom. The highest BCUT2D eigenvalue weighted by Gasteiger charge is 2.17. The lowest BCUT2D eigenvalue weighted by molar-refractivity contribution is 0.761. The fourth-order valence-electron chi connectivity index (χ4n) is 9.19. The van der Waals surface area contributed by atoms with E-state index in [-0.39, 0.29) is 0 Å². The molecule has 10 aromatic heterocycles. The number of rotatable bonds is 0. The molecule has 0 unspecified atom stereocenters. The lowest BCUT2D eigenvalue weighted by Crippen LogP contribution is -2.02. The Balaban J connectivity index is 0.000000145. The molecule has 0 amide bonds. The van der Waals surface area contributed by atoms with E-state index < -0.39 is 0 Å². The van der Waals surface area contributed by atoms with Crippen LogP contribution in [0.4, 0.5) is 0 Å². The van der Waals surface area contributed by atoms with Gasteiger partial charge in [-0.3, -0.25) is 4.98 Å². The molecule has 0 bridgehead atoms. The van der Waals surface area contributed by atoms with Crippen molar-refractivity contribution in [2.45, 2.75) is 180 Å². The second-order valence-corrected chi connectivity index (χ2v) is 19.8. The molecule has 0 aliphatic carbocycles. The van der Waals surface area contributed by atoms with Gasteiger partial charge in [-0.25, -0.2) is 28.0 Å². The normalized spacial score (nSPS) is 11.2. The van der Waals surface area contributed by atoms with Gasteiger partial charge in [0, 0.05) is 28.3 Å². The molecule has 0 atom stereocenters. The van der Waals surface area contributed by atoms with Gasteiger partial charge in [-0.1, -0.05) is 0 Å². The second-order valence-electron chi connectivity index (χ2n) is 19.8. The third-order valence-electron chi connectivity index (χ3n) is 15.5. The predicted octanol–water partition coefficient (Wildman–Crippen LogP) is 12.3. The van der Waals surface area contributed by atoms with Gasteiger partial charge in [0.1, 0.15) is 5.82 Å². The number of nitrogens with zero attached hydrogens (tertiary/aromatic N) is 14. The summed E-state index contributed by atoms with van der Waals surface area (Å²) in [6.07, 6.45) is 0. The average Bonchev–Trinajstić information content (AvgIpc) is 4.07. The molecule has 71 heavy (non-hydrogen) atoms. The van der Waals surface area contributed by atoms with Crippen molar-refractivity contribution in [2.75, 3.05) is 0 Å². The van der Waals surface area contributed by atoms with E-state index in [1.807, 2.05) is 82.8 Å². The van der Waals surface area contributed by atoms with E-state index in [1.54, 1.807) is 4.63 Å². The second kappa shape index (κ2) is 20.1. The minimum Gasteiger partial charge on any atom is -0.254 e. The molecule has 14 nitrogen and oxygen atoms in total. The summed E-state index contributed by atoms with van der Waals surface area (Å²) in [5, 5.41) is 26.8. The average molecular weight is 959 g/mol. The zero-order valence-electron chi connectivity index (χ0n) is 47.8. The van der Waals surface area contributed by atoms with Crippen LogP contribution < -0.4 is 0 Å². The maximum absolute atomic E-state index is 4.59. The largest absolute Gasteiger partial charge is 0.254 e. The molecule has 0 aliphatic rings. The number of aryl methyl sites for hydroxylation is 22. The number of hydrogen-bond acceptors (Lipinski definition) is 9. The van der Waals surface area contributed by atoms with Crippen LogP contribution >= 0.6 is 0 Å². The highest BCUT2D eigenvalue weighted by molar-refractivity contribution is 5.66. The van der Waals surface area contributed by atoms with Gasteiger partial charge in [0.2, 0.25) is 0 Å². The first-order chi connectivity index (χ1) is 33.0. The van der Waals surface area contributed by atoms with Crippen molar-refractivity contribution in [3.63, 3.8) is 0 Å². The molecule has 0 N–H and O–H groups in total. The van der Waals surface area contributed by atoms with Crippen LogP contribution in [0.5, 0.6) is 0 Å². The Bertz CT molecular complexity index is 3710. The zero-order valence-corrected chi connectivity index (χ0v) is 47.8. The first kappa shape index (κ1) is 53.5. The van der Waals surface area contributed by atoms with E-state index in [9.17, 15) is 0 Å². The fraction of sp³-hybridized carbons (Fsp3) is 0.456. The van der Waals surface area contributed by atoms with Crippen LogP contribution in [0.3, 0.4) is 0 Å². The molecule has 0 saturated carbocycles. The molecule has 0 aliphatic heterocycles. The van der Waals surface area contributed by atoms with Crippen molar-refractivity contribution in [1.29, 1.82) is 0 Å². The van der Waals surface area contributed by atoms with Crippen LogP contribution in [-0.2, 0) is 0 Å². The van der Waals surface area contributed by atoms with Crippen LogP contribution in [0.25, 0.3) is 27.7 Å². The SMILES string of the molecule is Cc1nc(C)n2nc(C)c(C)c2c1C.Cc1nc2c(C)c(C)nn2c(C)c1C.Cc1nn2c(C)c(C)c(C)c(C)c2c1C.Cc1nn2c(C)c(C)nc(C)c2c1C.Cc1nn2nc(C)c(C)c2c(C)c1C. The number of fused-ring (bicyclic) bond motifs is 5. The molecule has 10 heterocycles. The quantitative estimate of drug-likeness (QED) is 0.145. The van der Waals surface area contributed by atoms with Gasteiger partial charge in [-0.2, -0.15) is 35.2 Å². The van der Waals surface area contributed by atoms with E-state index in [2.05, 4.69) is 161 Å². The van der Waals surface area contributed by atoms with Crippen molar-refractivity contribution < 1.29 is 0 Å². The summed E-state index contributed by atoms with van der Waals surface area (Å²) in [5.41, 5.74) is 35.5. The van der Waals surface area contributed by atoms with Crippen molar-refractivity contribution in [3.8, 4) is 0 Å². The fourth-order valence-corrected chi connectivity index (χ4v) is 9.19. The standard InChI is InChI=1S/C13H18N2.4C11H15N3/c1-7-8(2)12(6)15-13(9(7)3)10(4)11(5)14-15;1-6-8(3)12-10(5)14-11(6)7(2)9(4)13-14;1-6-8(3)12-11-7(2)9(4)13-14(11)10(6)5;1-6-7(2)13-14-10(5)8(3)12-9(4)11(6)14;1-6-7(2)11-8(3)10(5)13-14(11)12-9(6)4/h1-6H3;4*1-5H3. The first-order valence-corrected chi connectivity index (χ1v) is 24.6. The smallest absolute Gasteiger partial charge is 0.158 e. The van der Waals surface area contributed by atoms with Crippen molar-refractivity contribution >= 4 is 27.7 Å². The summed E-state index contributed by atoms with van der Waals surface area (Å²) >= 11 is 0. The summed E-state index contributed by atoms with van der Waals surface area (Å²) < 4.78 is 9.72. The maximum Gasteiger partial charge on any atom is 0.158 e. The molecule has 0 radical (unpaired) electrons. The first-order valence-electron chi connectivity index (χ1n) is 24.6. The van der Waals surface area contributed by atoms with E-state index in [0.717, 1.165) is 85.1 Å². The minimum absolute atomic E-state index is 0.958. The molecule has 10 aromatic rings. The van der Waals surface area contributed by atoms with Crippen molar-refractivity contribution in [3.05, 3.63) is 147 Å². The summed E-state index contributed by atoms with van der Waals surface area (Å²) in [6, 6.07) is 0. The Morgan fingerprint density at radius 3 is 1.15 bits per heavy atom. The van der Waals surface area contributed by atoms with E-state index in [0.29, 0.717) is 0 Å². The van der Waals surface area contributed by atoms with Crippen LogP contribution in [-0.4, -0.2) is 68.2 Å². The molecule has 0 spiro atoms. The Kier molecular flexibility index (Phi) is 15.2. The Morgan fingerprint density at radius 2 is 0.592 bits per heavy atom. The van der Waals surface area contributed by atoms with Gasteiger partial charge in [0.15, 0.2) is 5.65 Å². The Hall–Kier alpha value is -6.83. The molecule has 376 valence electrons. The van der Waals surface area contributed by atoms with Gasteiger partial charge in [-0.15, -0.1) is 0 Å². The molecule has 0 saturated heterocycles. The number of aromatic nitrogens is 14. The van der Waals surface area contributed by atoms with Crippen molar-refractivity contribution in [1.82, 2.24) is 68.2 Å². The maximum atomic E-state index is 4.59. The Labute approximate surface area is 421 Å². The van der Waals surface area contributed by atoms with E-state index in [1.165, 1.54) is 89.2 Å². The topological polar surface area (TPSA) is 138 Å². The zero-order chi connectivity index (χ0) is 53.1. The van der Waals surface area contributed by atoms with Crippen molar-refractivity contribution in [2.24, 2.45) is 0 Å². The molecule has 0 aromatic carbocycles. The third kappa shape index (κ3) is 9.57. The molecule has 0 fully saturated rings. The predicted molar refractivity (Wildman–Crippen MR) is 290 cm³/mol.